The molecule has 0 spiro atoms. The third-order valence-corrected chi connectivity index (χ3v) is 5.13. The molecule has 2 heterocycles. The Labute approximate surface area is 164 Å². The van der Waals surface area contributed by atoms with Gasteiger partial charge in [-0.25, -0.2) is 4.79 Å². The van der Waals surface area contributed by atoms with Crippen molar-refractivity contribution in [1.29, 1.82) is 0 Å². The third kappa shape index (κ3) is 4.50. The highest BCUT2D eigenvalue weighted by Crippen LogP contribution is 2.23. The van der Waals surface area contributed by atoms with Gasteiger partial charge in [0.25, 0.3) is 5.91 Å². The molecule has 6 heteroatoms. The van der Waals surface area contributed by atoms with Crippen molar-refractivity contribution >= 4 is 17.7 Å². The molecular weight excluding hydrogens is 358 g/mol. The number of nitrogens with zero attached hydrogens (tertiary/aromatic N) is 1. The average molecular weight is 383 g/mol. The number of esters is 1. The van der Waals surface area contributed by atoms with Crippen LogP contribution in [0.25, 0.3) is 11.3 Å². The average Bonchev–Trinajstić information content (AvgIpc) is 3.22. The number of carbonyl (C=O) groups is 3. The molecule has 0 bridgehead atoms. The summed E-state index contributed by atoms with van der Waals surface area (Å²) in [5.41, 5.74) is 1.36. The first-order valence-electron chi connectivity index (χ1n) is 9.67. The van der Waals surface area contributed by atoms with Crippen molar-refractivity contribution in [2.45, 2.75) is 45.6 Å². The molecule has 1 saturated heterocycles. The number of benzene rings is 1. The van der Waals surface area contributed by atoms with Crippen molar-refractivity contribution in [3.8, 4) is 11.3 Å². The molecular formula is C22H25NO5. The lowest BCUT2D eigenvalue weighted by atomic mass is 10.00. The van der Waals surface area contributed by atoms with Gasteiger partial charge in [-0.2, -0.15) is 0 Å². The normalized spacial score (nSPS) is 16.6. The minimum Gasteiger partial charge on any atom is -0.450 e. The summed E-state index contributed by atoms with van der Waals surface area (Å²) in [6.45, 7) is 4.01. The van der Waals surface area contributed by atoms with E-state index in [4.69, 9.17) is 9.15 Å². The quantitative estimate of drug-likeness (QED) is 0.554. The summed E-state index contributed by atoms with van der Waals surface area (Å²) in [6.07, 6.45) is 4.02. The maximum Gasteiger partial charge on any atom is 0.374 e. The summed E-state index contributed by atoms with van der Waals surface area (Å²) in [4.78, 5) is 37.8. The number of carbonyl (C=O) groups excluding carboxylic acids is 3. The van der Waals surface area contributed by atoms with Crippen LogP contribution in [-0.2, 0) is 9.53 Å². The maximum atomic E-state index is 12.4. The Morgan fingerprint density at radius 3 is 2.54 bits per heavy atom. The number of piperidine rings is 1. The molecule has 148 valence electrons. The molecule has 1 atom stereocenters. The van der Waals surface area contributed by atoms with E-state index >= 15 is 0 Å². The molecule has 1 unspecified atom stereocenters. The van der Waals surface area contributed by atoms with Crippen molar-refractivity contribution in [3.63, 3.8) is 0 Å². The van der Waals surface area contributed by atoms with Crippen LogP contribution >= 0.6 is 0 Å². The zero-order valence-corrected chi connectivity index (χ0v) is 16.3. The van der Waals surface area contributed by atoms with Crippen LogP contribution in [0.4, 0.5) is 0 Å². The van der Waals surface area contributed by atoms with Gasteiger partial charge in [0.1, 0.15) is 5.76 Å². The molecule has 1 fully saturated rings. The molecule has 0 N–H and O–H groups in total. The van der Waals surface area contributed by atoms with Crippen LogP contribution in [0, 0.1) is 0 Å². The lowest BCUT2D eigenvalue weighted by Crippen LogP contribution is -2.45. The van der Waals surface area contributed by atoms with Crippen LogP contribution in [0.15, 0.2) is 40.8 Å². The second-order valence-electron chi connectivity index (χ2n) is 7.02. The number of ketones is 1. The molecule has 0 saturated carbocycles. The van der Waals surface area contributed by atoms with Crippen LogP contribution in [0.2, 0.25) is 0 Å². The van der Waals surface area contributed by atoms with Gasteiger partial charge in [0.15, 0.2) is 12.4 Å². The molecule has 0 radical (unpaired) electrons. The molecule has 28 heavy (non-hydrogen) atoms. The number of hydrogen-bond donors (Lipinski definition) is 0. The van der Waals surface area contributed by atoms with E-state index in [2.05, 4.69) is 6.92 Å². The monoisotopic (exact) mass is 383 g/mol. The van der Waals surface area contributed by atoms with Gasteiger partial charge in [-0.05, 0) is 44.7 Å². The summed E-state index contributed by atoms with van der Waals surface area (Å²) in [7, 11) is 0. The lowest BCUT2D eigenvalue weighted by molar-refractivity contribution is -0.138. The van der Waals surface area contributed by atoms with Gasteiger partial charge in [-0.1, -0.05) is 31.2 Å². The highest BCUT2D eigenvalue weighted by atomic mass is 16.5. The van der Waals surface area contributed by atoms with Crippen LogP contribution in [0.5, 0.6) is 0 Å². The van der Waals surface area contributed by atoms with Crippen LogP contribution in [0.1, 0.15) is 60.4 Å². The first kappa shape index (κ1) is 19.9. The highest BCUT2D eigenvalue weighted by molar-refractivity contribution is 5.94. The van der Waals surface area contributed by atoms with Gasteiger partial charge in [-0.3, -0.25) is 9.59 Å². The van der Waals surface area contributed by atoms with Crippen LogP contribution < -0.4 is 0 Å². The predicted octanol–water partition coefficient (Wildman–Crippen LogP) is 4.10. The van der Waals surface area contributed by atoms with Gasteiger partial charge in [0, 0.05) is 23.7 Å². The van der Waals surface area contributed by atoms with E-state index in [1.807, 2.05) is 4.90 Å². The van der Waals surface area contributed by atoms with E-state index in [9.17, 15) is 14.4 Å². The smallest absolute Gasteiger partial charge is 0.374 e. The summed E-state index contributed by atoms with van der Waals surface area (Å²) < 4.78 is 10.7. The van der Waals surface area contributed by atoms with Crippen molar-refractivity contribution in [1.82, 2.24) is 4.90 Å². The van der Waals surface area contributed by atoms with Crippen LogP contribution in [0.3, 0.4) is 0 Å². The van der Waals surface area contributed by atoms with Crippen molar-refractivity contribution < 1.29 is 23.5 Å². The zero-order chi connectivity index (χ0) is 20.1. The Hall–Kier alpha value is -2.89. The summed E-state index contributed by atoms with van der Waals surface area (Å²) in [6, 6.07) is 10.4. The second-order valence-corrected chi connectivity index (χ2v) is 7.02. The largest absolute Gasteiger partial charge is 0.450 e. The molecule has 0 aliphatic carbocycles. The van der Waals surface area contributed by atoms with Crippen LogP contribution in [-0.4, -0.2) is 41.8 Å². The van der Waals surface area contributed by atoms with Crippen molar-refractivity contribution in [2.75, 3.05) is 13.2 Å². The Balaban J connectivity index is 1.59. The number of amides is 1. The van der Waals surface area contributed by atoms with Gasteiger partial charge < -0.3 is 14.1 Å². The molecule has 1 aromatic carbocycles. The van der Waals surface area contributed by atoms with E-state index in [1.165, 1.54) is 13.0 Å². The van der Waals surface area contributed by atoms with Gasteiger partial charge in [-0.15, -0.1) is 0 Å². The fourth-order valence-corrected chi connectivity index (χ4v) is 3.51. The summed E-state index contributed by atoms with van der Waals surface area (Å²) in [5.74, 6) is -0.296. The number of hydrogen-bond acceptors (Lipinski definition) is 5. The fraction of sp³-hybridized carbons (Fsp3) is 0.409. The molecule has 2 aromatic rings. The van der Waals surface area contributed by atoms with E-state index in [0.717, 1.165) is 37.8 Å². The predicted molar refractivity (Wildman–Crippen MR) is 104 cm³/mol. The molecule has 1 aromatic heterocycles. The Bertz CT molecular complexity index is 852. The molecule has 1 aliphatic heterocycles. The van der Waals surface area contributed by atoms with Crippen molar-refractivity contribution in [2.24, 2.45) is 0 Å². The van der Waals surface area contributed by atoms with Crippen molar-refractivity contribution in [3.05, 3.63) is 47.7 Å². The van der Waals surface area contributed by atoms with E-state index in [1.54, 1.807) is 30.3 Å². The molecule has 6 nitrogen and oxygen atoms in total. The standard InChI is InChI=1S/C22H25NO5/c1-3-18-6-4-5-13-23(18)21(25)14-27-22(26)20-12-11-19(28-20)17-9-7-16(8-10-17)15(2)24/h7-12,18H,3-6,13-14H2,1-2H3. The van der Waals surface area contributed by atoms with Gasteiger partial charge >= 0.3 is 5.97 Å². The second kappa shape index (κ2) is 8.87. The number of rotatable bonds is 6. The number of ether oxygens (including phenoxy) is 1. The molecule has 3 rings (SSSR count). The third-order valence-electron chi connectivity index (χ3n) is 5.13. The Morgan fingerprint density at radius 1 is 1.11 bits per heavy atom. The van der Waals surface area contributed by atoms with Gasteiger partial charge in [0.05, 0.1) is 0 Å². The zero-order valence-electron chi connectivity index (χ0n) is 16.3. The van der Waals surface area contributed by atoms with Gasteiger partial charge in [0.2, 0.25) is 5.76 Å². The highest BCUT2D eigenvalue weighted by Gasteiger charge is 2.26. The number of likely N-dealkylation sites (tertiary alicyclic amines) is 1. The minimum atomic E-state index is -0.662. The number of Topliss-reactive ketones (excluding diaryl/α,β-unsaturated/α-hetero) is 1. The first-order valence-corrected chi connectivity index (χ1v) is 9.67. The molecule has 1 aliphatic rings. The molecule has 1 amide bonds. The maximum absolute atomic E-state index is 12.4. The summed E-state index contributed by atoms with van der Waals surface area (Å²) >= 11 is 0. The van der Waals surface area contributed by atoms with E-state index in [-0.39, 0.29) is 30.1 Å². The fourth-order valence-electron chi connectivity index (χ4n) is 3.51. The Morgan fingerprint density at radius 2 is 1.86 bits per heavy atom. The Kier molecular flexibility index (Phi) is 6.29. The SMILES string of the molecule is CCC1CCCCN1C(=O)COC(=O)c1ccc(-c2ccc(C(C)=O)cc2)o1. The number of furan rings is 1. The minimum absolute atomic E-state index is 0.0149. The van der Waals surface area contributed by atoms with E-state index in [0.29, 0.717) is 11.3 Å². The first-order chi connectivity index (χ1) is 13.5. The topological polar surface area (TPSA) is 76.8 Å². The summed E-state index contributed by atoms with van der Waals surface area (Å²) in [5, 5.41) is 0. The van der Waals surface area contributed by atoms with E-state index < -0.39 is 5.97 Å². The lowest BCUT2D eigenvalue weighted by Gasteiger charge is -2.35.